The Morgan fingerprint density at radius 2 is 2.29 bits per heavy atom. The summed E-state index contributed by atoms with van der Waals surface area (Å²) in [5.74, 6) is 0.729. The largest absolute Gasteiger partial charge is 0.497 e. The zero-order valence-electron chi connectivity index (χ0n) is 7.37. The minimum Gasteiger partial charge on any atom is -0.497 e. The average molecular weight is 255 g/mol. The third-order valence-electron chi connectivity index (χ3n) is 1.88. The van der Waals surface area contributed by atoms with Gasteiger partial charge in [0.15, 0.2) is 0 Å². The van der Waals surface area contributed by atoms with Crippen LogP contribution in [0.4, 0.5) is 0 Å². The minimum atomic E-state index is -0.366. The molecule has 0 amide bonds. The van der Waals surface area contributed by atoms with Crippen molar-refractivity contribution in [1.82, 2.24) is 9.97 Å². The van der Waals surface area contributed by atoms with E-state index in [-0.39, 0.29) is 5.69 Å². The van der Waals surface area contributed by atoms with Crippen molar-refractivity contribution in [3.63, 3.8) is 0 Å². The van der Waals surface area contributed by atoms with Crippen LogP contribution in [-0.2, 0) is 0 Å². The number of H-pyrrole nitrogens is 1. The van der Waals surface area contributed by atoms with Crippen LogP contribution in [0.1, 0.15) is 0 Å². The highest BCUT2D eigenvalue weighted by Gasteiger charge is 2.03. The summed E-state index contributed by atoms with van der Waals surface area (Å²) in [6, 6.07) is 5.32. The first-order valence-electron chi connectivity index (χ1n) is 3.94. The fraction of sp³-hybridized carbons (Fsp3) is 0.111. The van der Waals surface area contributed by atoms with Gasteiger partial charge in [-0.2, -0.15) is 4.98 Å². The monoisotopic (exact) mass is 254 g/mol. The molecule has 0 spiro atoms. The molecule has 72 valence electrons. The van der Waals surface area contributed by atoms with E-state index in [1.165, 1.54) is 0 Å². The zero-order chi connectivity index (χ0) is 10.1. The SMILES string of the molecule is COc1ccc2nc(=O)[nH]c(Br)c2c1. The number of fused-ring (bicyclic) bond motifs is 1. The quantitative estimate of drug-likeness (QED) is 0.789. The predicted octanol–water partition coefficient (Wildman–Crippen LogP) is 1.69. The van der Waals surface area contributed by atoms with Gasteiger partial charge >= 0.3 is 5.69 Å². The van der Waals surface area contributed by atoms with Gasteiger partial charge in [0, 0.05) is 5.39 Å². The molecule has 2 rings (SSSR count). The second-order valence-electron chi connectivity index (χ2n) is 2.74. The molecule has 0 fully saturated rings. The van der Waals surface area contributed by atoms with Crippen molar-refractivity contribution < 1.29 is 4.74 Å². The fourth-order valence-electron chi connectivity index (χ4n) is 1.21. The molecule has 0 saturated heterocycles. The minimum absolute atomic E-state index is 0.366. The van der Waals surface area contributed by atoms with Crippen LogP contribution in [0.3, 0.4) is 0 Å². The van der Waals surface area contributed by atoms with Gasteiger partial charge in [0.05, 0.1) is 17.2 Å². The Morgan fingerprint density at radius 1 is 1.50 bits per heavy atom. The Morgan fingerprint density at radius 3 is 3.00 bits per heavy atom. The van der Waals surface area contributed by atoms with Gasteiger partial charge in [0.1, 0.15) is 5.75 Å². The summed E-state index contributed by atoms with van der Waals surface area (Å²) in [6.07, 6.45) is 0. The number of hydrogen-bond acceptors (Lipinski definition) is 3. The van der Waals surface area contributed by atoms with Gasteiger partial charge in [-0.05, 0) is 34.1 Å². The Labute approximate surface area is 88.1 Å². The fourth-order valence-corrected chi connectivity index (χ4v) is 1.70. The van der Waals surface area contributed by atoms with Crippen LogP contribution < -0.4 is 10.4 Å². The van der Waals surface area contributed by atoms with E-state index < -0.39 is 0 Å². The molecule has 4 nitrogen and oxygen atoms in total. The summed E-state index contributed by atoms with van der Waals surface area (Å²) in [5.41, 5.74) is 0.274. The highest BCUT2D eigenvalue weighted by atomic mass is 79.9. The zero-order valence-corrected chi connectivity index (χ0v) is 8.96. The number of methoxy groups -OCH3 is 1. The maximum Gasteiger partial charge on any atom is 0.346 e. The summed E-state index contributed by atoms with van der Waals surface area (Å²) in [5, 5.41) is 0.823. The maximum absolute atomic E-state index is 11.0. The van der Waals surface area contributed by atoms with Gasteiger partial charge in [0.25, 0.3) is 0 Å². The lowest BCUT2D eigenvalue weighted by molar-refractivity contribution is 0.415. The molecule has 0 bridgehead atoms. The number of rotatable bonds is 1. The van der Waals surface area contributed by atoms with E-state index in [9.17, 15) is 4.79 Å². The van der Waals surface area contributed by atoms with Crippen LogP contribution in [0.25, 0.3) is 10.9 Å². The summed E-state index contributed by atoms with van der Waals surface area (Å²) in [4.78, 5) is 17.4. The van der Waals surface area contributed by atoms with Crippen molar-refractivity contribution in [3.05, 3.63) is 33.3 Å². The Bertz CT molecular complexity index is 536. The van der Waals surface area contributed by atoms with Gasteiger partial charge in [-0.3, -0.25) is 4.98 Å². The molecular weight excluding hydrogens is 248 g/mol. The van der Waals surface area contributed by atoms with E-state index in [1.807, 2.05) is 6.07 Å². The van der Waals surface area contributed by atoms with Crippen LogP contribution >= 0.6 is 15.9 Å². The lowest BCUT2D eigenvalue weighted by Gasteiger charge is -2.02. The molecule has 1 N–H and O–H groups in total. The molecule has 0 aliphatic heterocycles. The molecule has 1 aromatic heterocycles. The van der Waals surface area contributed by atoms with Crippen LogP contribution in [0, 0.1) is 0 Å². The first kappa shape index (κ1) is 9.21. The first-order chi connectivity index (χ1) is 6.70. The topological polar surface area (TPSA) is 55.0 Å². The molecular formula is C9H7BrN2O2. The van der Waals surface area contributed by atoms with Crippen molar-refractivity contribution in [2.75, 3.05) is 7.11 Å². The molecule has 0 radical (unpaired) electrons. The smallest absolute Gasteiger partial charge is 0.346 e. The summed E-state index contributed by atoms with van der Waals surface area (Å²) in [6.45, 7) is 0. The lowest BCUT2D eigenvalue weighted by atomic mass is 10.2. The molecule has 0 aliphatic carbocycles. The molecule has 0 atom stereocenters. The van der Waals surface area contributed by atoms with Crippen molar-refractivity contribution >= 4 is 26.8 Å². The van der Waals surface area contributed by atoms with E-state index in [0.717, 1.165) is 11.1 Å². The molecule has 5 heteroatoms. The van der Waals surface area contributed by atoms with Gasteiger partial charge in [-0.15, -0.1) is 0 Å². The summed E-state index contributed by atoms with van der Waals surface area (Å²) in [7, 11) is 1.59. The number of nitrogens with one attached hydrogen (secondary N) is 1. The van der Waals surface area contributed by atoms with Crippen LogP contribution in [-0.4, -0.2) is 17.1 Å². The Balaban J connectivity index is 2.82. The Hall–Kier alpha value is -1.36. The highest BCUT2D eigenvalue weighted by molar-refractivity contribution is 9.10. The van der Waals surface area contributed by atoms with Crippen molar-refractivity contribution in [1.29, 1.82) is 0 Å². The Kier molecular flexibility index (Phi) is 2.25. The number of ether oxygens (including phenoxy) is 1. The molecule has 0 unspecified atom stereocenters. The number of halogens is 1. The van der Waals surface area contributed by atoms with Crippen molar-refractivity contribution in [3.8, 4) is 5.75 Å². The van der Waals surface area contributed by atoms with E-state index in [4.69, 9.17) is 4.74 Å². The third-order valence-corrected chi connectivity index (χ3v) is 2.50. The molecule has 1 heterocycles. The van der Waals surface area contributed by atoms with Gasteiger partial charge in [-0.1, -0.05) is 0 Å². The second kappa shape index (κ2) is 3.42. The van der Waals surface area contributed by atoms with Gasteiger partial charge < -0.3 is 4.74 Å². The lowest BCUT2D eigenvalue weighted by Crippen LogP contribution is -2.09. The predicted molar refractivity (Wildman–Crippen MR) is 56.6 cm³/mol. The summed E-state index contributed by atoms with van der Waals surface area (Å²) >= 11 is 3.26. The standard InChI is InChI=1S/C9H7BrN2O2/c1-14-5-2-3-7-6(4-5)8(10)12-9(13)11-7/h2-4H,1H3,(H,11,12,13). The number of nitrogens with zero attached hydrogens (tertiary/aromatic N) is 1. The molecule has 1 aromatic carbocycles. The number of aromatic amines is 1. The number of benzene rings is 1. The van der Waals surface area contributed by atoms with Crippen LogP contribution in [0.15, 0.2) is 27.6 Å². The van der Waals surface area contributed by atoms with Crippen molar-refractivity contribution in [2.24, 2.45) is 0 Å². The maximum atomic E-state index is 11.0. The van der Waals surface area contributed by atoms with Gasteiger partial charge in [-0.25, -0.2) is 4.79 Å². The number of aromatic nitrogens is 2. The van der Waals surface area contributed by atoms with E-state index in [2.05, 4.69) is 25.9 Å². The van der Waals surface area contributed by atoms with E-state index in [1.54, 1.807) is 19.2 Å². The van der Waals surface area contributed by atoms with Crippen molar-refractivity contribution in [2.45, 2.75) is 0 Å². The van der Waals surface area contributed by atoms with E-state index in [0.29, 0.717) is 10.1 Å². The molecule has 0 aliphatic rings. The van der Waals surface area contributed by atoms with E-state index >= 15 is 0 Å². The first-order valence-corrected chi connectivity index (χ1v) is 4.73. The van der Waals surface area contributed by atoms with Crippen LogP contribution in [0.5, 0.6) is 5.75 Å². The van der Waals surface area contributed by atoms with Gasteiger partial charge in [0.2, 0.25) is 0 Å². The molecule has 14 heavy (non-hydrogen) atoms. The summed E-state index contributed by atoms with van der Waals surface area (Å²) < 4.78 is 5.68. The second-order valence-corrected chi connectivity index (χ2v) is 3.53. The molecule has 2 aromatic rings. The highest BCUT2D eigenvalue weighted by Crippen LogP contribution is 2.23. The third kappa shape index (κ3) is 1.50. The normalized spacial score (nSPS) is 10.4. The average Bonchev–Trinajstić information content (AvgIpc) is 2.17. The molecule has 0 saturated carbocycles. The number of hydrogen-bond donors (Lipinski definition) is 1. The van der Waals surface area contributed by atoms with Crippen LogP contribution in [0.2, 0.25) is 0 Å².